The minimum absolute atomic E-state index is 0.352. The smallest absolute Gasteiger partial charge is 0.494 e. The van der Waals surface area contributed by atoms with Crippen LogP contribution >= 0.6 is 0 Å². The third-order valence-electron chi connectivity index (χ3n) is 4.96. The summed E-state index contributed by atoms with van der Waals surface area (Å²) in [6.45, 7) is 14.0. The van der Waals surface area contributed by atoms with Crippen LogP contribution in [0.25, 0.3) is 0 Å². The predicted molar refractivity (Wildman–Crippen MR) is 112 cm³/mol. The van der Waals surface area contributed by atoms with Crippen LogP contribution in [0.15, 0.2) is 18.2 Å². The maximum atomic E-state index is 11.7. The zero-order valence-electron chi connectivity index (χ0n) is 18.5. The van der Waals surface area contributed by atoms with E-state index < -0.39 is 30.0 Å². The topological polar surface area (TPSA) is 83.1 Å². The van der Waals surface area contributed by atoms with Crippen molar-refractivity contribution >= 4 is 25.0 Å². The number of rotatable bonds is 7. The van der Waals surface area contributed by atoms with E-state index in [4.69, 9.17) is 18.8 Å². The molecule has 0 bridgehead atoms. The Hall–Kier alpha value is -2.06. The number of hydrogen-bond donors (Lipinski definition) is 1. The standard InChI is InChI=1S/C21H32BNO6/c1-19(2,3)27-18(25)23-12-9-13-26-16-11-8-10-15(14-24)17(16)22-28-20(4,5)21(6,7)29-22/h8,10-11,14H,9,12-13H2,1-7H3,(H,23,25). The Bertz CT molecular complexity index is 725. The largest absolute Gasteiger partial charge is 0.499 e. The number of benzene rings is 1. The summed E-state index contributed by atoms with van der Waals surface area (Å²) in [7, 11) is -0.698. The summed E-state index contributed by atoms with van der Waals surface area (Å²) >= 11 is 0. The summed E-state index contributed by atoms with van der Waals surface area (Å²) in [5.41, 5.74) is -0.535. The van der Waals surface area contributed by atoms with Crippen molar-refractivity contribution in [3.8, 4) is 5.75 Å². The van der Waals surface area contributed by atoms with Crippen LogP contribution in [0, 0.1) is 0 Å². The second-order valence-electron chi connectivity index (χ2n) is 9.10. The molecule has 1 heterocycles. The minimum Gasteiger partial charge on any atom is -0.494 e. The van der Waals surface area contributed by atoms with Crippen LogP contribution in [-0.2, 0) is 14.0 Å². The van der Waals surface area contributed by atoms with Crippen molar-refractivity contribution in [1.82, 2.24) is 5.32 Å². The molecule has 1 N–H and O–H groups in total. The van der Waals surface area contributed by atoms with E-state index >= 15 is 0 Å². The Morgan fingerprint density at radius 1 is 1.17 bits per heavy atom. The van der Waals surface area contributed by atoms with Crippen LogP contribution in [0.5, 0.6) is 5.75 Å². The van der Waals surface area contributed by atoms with Gasteiger partial charge in [-0.15, -0.1) is 0 Å². The van der Waals surface area contributed by atoms with E-state index in [0.29, 0.717) is 36.3 Å². The van der Waals surface area contributed by atoms with Gasteiger partial charge < -0.3 is 24.1 Å². The SMILES string of the molecule is CC(C)(C)OC(=O)NCCCOc1cccc(C=O)c1B1OC(C)(C)C(C)(C)O1. The number of aldehydes is 1. The number of alkyl carbamates (subject to hydrolysis) is 1. The number of hydrogen-bond acceptors (Lipinski definition) is 6. The highest BCUT2D eigenvalue weighted by Gasteiger charge is 2.53. The van der Waals surface area contributed by atoms with E-state index in [0.717, 1.165) is 6.29 Å². The van der Waals surface area contributed by atoms with Crippen LogP contribution < -0.4 is 15.5 Å². The molecule has 8 heteroatoms. The molecule has 1 amide bonds. The molecule has 1 aromatic carbocycles. The molecule has 0 atom stereocenters. The second kappa shape index (κ2) is 8.75. The van der Waals surface area contributed by atoms with Crippen molar-refractivity contribution in [2.45, 2.75) is 71.7 Å². The molecule has 1 aromatic rings. The molecule has 0 saturated carbocycles. The lowest BCUT2D eigenvalue weighted by molar-refractivity contribution is 0.00578. The molecule has 1 aliphatic rings. The first kappa shape index (κ1) is 23.2. The van der Waals surface area contributed by atoms with Crippen LogP contribution in [0.2, 0.25) is 0 Å². The fourth-order valence-electron chi connectivity index (χ4n) is 2.76. The monoisotopic (exact) mass is 405 g/mol. The molecule has 2 rings (SSSR count). The first-order valence-electron chi connectivity index (χ1n) is 9.90. The lowest BCUT2D eigenvalue weighted by Gasteiger charge is -2.32. The number of carbonyl (C=O) groups is 2. The minimum atomic E-state index is -0.698. The lowest BCUT2D eigenvalue weighted by atomic mass is 9.75. The summed E-state index contributed by atoms with van der Waals surface area (Å²) < 4.78 is 23.3. The highest BCUT2D eigenvalue weighted by atomic mass is 16.7. The number of ether oxygens (including phenoxy) is 2. The Kier molecular flexibility index (Phi) is 7.01. The zero-order chi connectivity index (χ0) is 21.9. The maximum absolute atomic E-state index is 11.7. The first-order chi connectivity index (χ1) is 13.4. The Morgan fingerprint density at radius 2 is 1.79 bits per heavy atom. The highest BCUT2D eigenvalue weighted by Crippen LogP contribution is 2.37. The van der Waals surface area contributed by atoms with E-state index in [9.17, 15) is 9.59 Å². The summed E-state index contributed by atoms with van der Waals surface area (Å²) in [6, 6.07) is 5.26. The first-order valence-corrected chi connectivity index (χ1v) is 9.90. The summed E-state index contributed by atoms with van der Waals surface area (Å²) in [5.74, 6) is 0.533. The van der Waals surface area contributed by atoms with Crippen LogP contribution in [0.3, 0.4) is 0 Å². The molecular formula is C21H32BNO6. The van der Waals surface area contributed by atoms with E-state index in [-0.39, 0.29) is 0 Å². The Morgan fingerprint density at radius 3 is 2.34 bits per heavy atom. The average Bonchev–Trinajstić information content (AvgIpc) is 2.80. The summed E-state index contributed by atoms with van der Waals surface area (Å²) in [5, 5.41) is 2.69. The lowest BCUT2D eigenvalue weighted by Crippen LogP contribution is -2.41. The van der Waals surface area contributed by atoms with E-state index in [1.165, 1.54) is 0 Å². The van der Waals surface area contributed by atoms with Gasteiger partial charge in [-0.3, -0.25) is 4.79 Å². The second-order valence-corrected chi connectivity index (χ2v) is 9.10. The van der Waals surface area contributed by atoms with Crippen molar-refractivity contribution in [3.05, 3.63) is 23.8 Å². The molecule has 0 unspecified atom stereocenters. The molecule has 0 aliphatic carbocycles. The number of nitrogens with one attached hydrogen (secondary N) is 1. The van der Waals surface area contributed by atoms with Gasteiger partial charge in [-0.2, -0.15) is 0 Å². The van der Waals surface area contributed by atoms with Gasteiger partial charge in [0.2, 0.25) is 0 Å². The fraction of sp³-hybridized carbons (Fsp3) is 0.619. The molecule has 0 radical (unpaired) electrons. The molecule has 1 aliphatic heterocycles. The van der Waals surface area contributed by atoms with Crippen molar-refractivity contribution < 1.29 is 28.4 Å². The highest BCUT2D eigenvalue weighted by molar-refractivity contribution is 6.64. The van der Waals surface area contributed by atoms with E-state index in [1.54, 1.807) is 18.2 Å². The summed E-state index contributed by atoms with van der Waals surface area (Å²) in [4.78, 5) is 23.3. The van der Waals surface area contributed by atoms with Gasteiger partial charge in [-0.1, -0.05) is 12.1 Å². The van der Waals surface area contributed by atoms with Crippen LogP contribution in [0.4, 0.5) is 4.79 Å². The number of carbonyl (C=O) groups excluding carboxylic acids is 2. The fourth-order valence-corrected chi connectivity index (χ4v) is 2.76. The maximum Gasteiger partial charge on any atom is 0.499 e. The van der Waals surface area contributed by atoms with E-state index in [2.05, 4.69) is 5.32 Å². The normalized spacial score (nSPS) is 17.7. The van der Waals surface area contributed by atoms with Gasteiger partial charge >= 0.3 is 13.2 Å². The predicted octanol–water partition coefficient (Wildman–Crippen LogP) is 3.09. The van der Waals surface area contributed by atoms with Crippen molar-refractivity contribution in [2.75, 3.05) is 13.2 Å². The van der Waals surface area contributed by atoms with Crippen molar-refractivity contribution in [2.24, 2.45) is 0 Å². The molecule has 0 spiro atoms. The number of amides is 1. The Labute approximate surface area is 173 Å². The quantitative estimate of drug-likeness (QED) is 0.427. The van der Waals surface area contributed by atoms with Gasteiger partial charge in [0.25, 0.3) is 0 Å². The molecule has 0 aromatic heterocycles. The van der Waals surface area contributed by atoms with Gasteiger partial charge in [0.1, 0.15) is 17.6 Å². The average molecular weight is 405 g/mol. The third kappa shape index (κ3) is 5.96. The molecule has 1 fully saturated rings. The zero-order valence-corrected chi connectivity index (χ0v) is 18.5. The third-order valence-corrected chi connectivity index (χ3v) is 4.96. The Balaban J connectivity index is 2.00. The van der Waals surface area contributed by atoms with Gasteiger partial charge in [-0.25, -0.2) is 4.79 Å². The van der Waals surface area contributed by atoms with Crippen LogP contribution in [-0.4, -0.2) is 49.5 Å². The summed E-state index contributed by atoms with van der Waals surface area (Å²) in [6.07, 6.45) is 0.892. The molecule has 160 valence electrons. The molecule has 29 heavy (non-hydrogen) atoms. The van der Waals surface area contributed by atoms with Gasteiger partial charge in [0, 0.05) is 17.6 Å². The van der Waals surface area contributed by atoms with Crippen molar-refractivity contribution in [1.29, 1.82) is 0 Å². The molecule has 7 nitrogen and oxygen atoms in total. The van der Waals surface area contributed by atoms with E-state index in [1.807, 2.05) is 48.5 Å². The van der Waals surface area contributed by atoms with Crippen molar-refractivity contribution in [3.63, 3.8) is 0 Å². The van der Waals surface area contributed by atoms with Crippen LogP contribution in [0.1, 0.15) is 65.2 Å². The van der Waals surface area contributed by atoms with Gasteiger partial charge in [-0.05, 0) is 61.0 Å². The molecular weight excluding hydrogens is 373 g/mol. The van der Waals surface area contributed by atoms with Gasteiger partial charge in [0.15, 0.2) is 0 Å². The van der Waals surface area contributed by atoms with Gasteiger partial charge in [0.05, 0.1) is 17.8 Å². The molecule has 1 saturated heterocycles.